The molecule has 0 aliphatic carbocycles. The summed E-state index contributed by atoms with van der Waals surface area (Å²) < 4.78 is 0. The van der Waals surface area contributed by atoms with Crippen LogP contribution in [0.25, 0.3) is 0 Å². The Labute approximate surface area is 105 Å². The highest BCUT2D eigenvalue weighted by Gasteiger charge is 2.22. The van der Waals surface area contributed by atoms with Crippen molar-refractivity contribution in [3.05, 3.63) is 16.4 Å². The number of aromatic nitrogens is 2. The van der Waals surface area contributed by atoms with Crippen LogP contribution >= 0.6 is 23.2 Å². The molecule has 0 aliphatic rings. The van der Waals surface area contributed by atoms with Crippen molar-refractivity contribution in [2.24, 2.45) is 0 Å². The molecule has 0 spiro atoms. The molecule has 1 rings (SSSR count). The van der Waals surface area contributed by atoms with Crippen LogP contribution in [-0.2, 0) is 0 Å². The fourth-order valence-corrected chi connectivity index (χ4v) is 1.63. The highest BCUT2D eigenvalue weighted by Crippen LogP contribution is 2.27. The van der Waals surface area contributed by atoms with Gasteiger partial charge < -0.3 is 10.4 Å². The molecule has 0 radical (unpaired) electrons. The van der Waals surface area contributed by atoms with Crippen LogP contribution in [0.1, 0.15) is 26.7 Å². The molecule has 4 nitrogen and oxygen atoms in total. The van der Waals surface area contributed by atoms with Gasteiger partial charge in [0.2, 0.25) is 0 Å². The number of nitrogens with zero attached hydrogens (tertiary/aromatic N) is 2. The van der Waals surface area contributed by atoms with Gasteiger partial charge in [-0.05, 0) is 19.8 Å². The van der Waals surface area contributed by atoms with E-state index >= 15 is 0 Å². The number of hydrogen-bond donors (Lipinski definition) is 2. The van der Waals surface area contributed by atoms with Crippen molar-refractivity contribution >= 4 is 28.9 Å². The van der Waals surface area contributed by atoms with E-state index in [4.69, 9.17) is 28.3 Å². The predicted molar refractivity (Wildman–Crippen MR) is 66.1 cm³/mol. The molecule has 1 aromatic heterocycles. The van der Waals surface area contributed by atoms with Crippen LogP contribution in [0, 0.1) is 0 Å². The quantitative estimate of drug-likeness (QED) is 0.858. The summed E-state index contributed by atoms with van der Waals surface area (Å²) in [7, 11) is 0. The summed E-state index contributed by atoms with van der Waals surface area (Å²) in [6.45, 7) is 4.15. The first kappa shape index (κ1) is 13.5. The second kappa shape index (κ2) is 5.66. The second-order valence-corrected chi connectivity index (χ2v) is 4.63. The summed E-state index contributed by atoms with van der Waals surface area (Å²) in [6.07, 6.45) is 1.48. The van der Waals surface area contributed by atoms with Gasteiger partial charge >= 0.3 is 0 Å². The van der Waals surface area contributed by atoms with E-state index in [1.807, 2.05) is 13.8 Å². The van der Waals surface area contributed by atoms with Crippen molar-refractivity contribution in [3.63, 3.8) is 0 Å². The molecular weight excluding hydrogens is 249 g/mol. The van der Waals surface area contributed by atoms with E-state index in [9.17, 15) is 0 Å². The lowest BCUT2D eigenvalue weighted by molar-refractivity contribution is 0.252. The van der Waals surface area contributed by atoms with E-state index in [1.165, 1.54) is 0 Å². The average molecular weight is 264 g/mol. The highest BCUT2D eigenvalue weighted by molar-refractivity contribution is 6.33. The molecule has 0 fully saturated rings. The zero-order valence-electron chi connectivity index (χ0n) is 9.30. The second-order valence-electron chi connectivity index (χ2n) is 3.88. The molecule has 0 saturated heterocycles. The molecule has 2 N–H and O–H groups in total. The highest BCUT2D eigenvalue weighted by atomic mass is 35.5. The smallest absolute Gasteiger partial charge is 0.174 e. The third kappa shape index (κ3) is 3.47. The van der Waals surface area contributed by atoms with Gasteiger partial charge in [-0.15, -0.1) is 10.2 Å². The van der Waals surface area contributed by atoms with Crippen molar-refractivity contribution in [2.75, 3.05) is 11.9 Å². The Bertz CT molecular complexity index is 362. The summed E-state index contributed by atoms with van der Waals surface area (Å²) >= 11 is 11.6. The van der Waals surface area contributed by atoms with Crippen molar-refractivity contribution in [1.82, 2.24) is 10.2 Å². The van der Waals surface area contributed by atoms with Gasteiger partial charge in [-0.2, -0.15) is 0 Å². The third-order valence-corrected chi connectivity index (χ3v) is 3.06. The maximum absolute atomic E-state index is 9.01. The summed E-state index contributed by atoms with van der Waals surface area (Å²) in [5, 5.41) is 20.2. The van der Waals surface area contributed by atoms with E-state index in [0.29, 0.717) is 12.1 Å². The van der Waals surface area contributed by atoms with Crippen LogP contribution in [0.2, 0.25) is 10.3 Å². The zero-order valence-corrected chi connectivity index (χ0v) is 10.8. The molecule has 16 heavy (non-hydrogen) atoms. The number of anilines is 1. The van der Waals surface area contributed by atoms with Crippen LogP contribution in [0.5, 0.6) is 0 Å². The number of rotatable bonds is 5. The monoisotopic (exact) mass is 263 g/mol. The minimum Gasteiger partial charge on any atom is -0.396 e. The first-order valence-electron chi connectivity index (χ1n) is 5.08. The number of aliphatic hydroxyl groups is 1. The van der Waals surface area contributed by atoms with Gasteiger partial charge in [0.05, 0.1) is 5.69 Å². The van der Waals surface area contributed by atoms with Crippen molar-refractivity contribution < 1.29 is 5.11 Å². The number of aliphatic hydroxyl groups excluding tert-OH is 1. The fourth-order valence-electron chi connectivity index (χ4n) is 1.34. The number of hydrogen-bond acceptors (Lipinski definition) is 4. The Morgan fingerprint density at radius 2 is 2.12 bits per heavy atom. The van der Waals surface area contributed by atoms with Crippen LogP contribution in [0.4, 0.5) is 5.69 Å². The standard InChI is InChI=1S/C10H15Cl2N3O/c1-3-10(2,4-5-16)13-7-6-8(11)14-15-9(7)12/h6,16H,3-5H2,1-2H3,(H,13,14). The summed E-state index contributed by atoms with van der Waals surface area (Å²) in [5.74, 6) is 0. The fraction of sp³-hybridized carbons (Fsp3) is 0.600. The molecule has 0 amide bonds. The maximum atomic E-state index is 9.01. The predicted octanol–water partition coefficient (Wildman–Crippen LogP) is 2.75. The van der Waals surface area contributed by atoms with Gasteiger partial charge in [0.15, 0.2) is 10.3 Å². The molecule has 1 atom stereocenters. The van der Waals surface area contributed by atoms with E-state index in [-0.39, 0.29) is 22.5 Å². The first-order chi connectivity index (χ1) is 7.50. The van der Waals surface area contributed by atoms with E-state index in [0.717, 1.165) is 6.42 Å². The van der Waals surface area contributed by atoms with Gasteiger partial charge in [-0.3, -0.25) is 0 Å². The molecule has 0 bridgehead atoms. The van der Waals surface area contributed by atoms with Crippen LogP contribution in [-0.4, -0.2) is 27.4 Å². The Morgan fingerprint density at radius 1 is 1.44 bits per heavy atom. The Kier molecular flexibility index (Phi) is 4.77. The average Bonchev–Trinajstić information content (AvgIpc) is 2.24. The lowest BCUT2D eigenvalue weighted by Crippen LogP contribution is -2.35. The minimum atomic E-state index is -0.231. The Morgan fingerprint density at radius 3 is 2.69 bits per heavy atom. The molecule has 1 heterocycles. The summed E-state index contributed by atoms with van der Waals surface area (Å²) in [6, 6.07) is 1.63. The molecule has 1 aromatic rings. The van der Waals surface area contributed by atoms with Crippen LogP contribution in [0.3, 0.4) is 0 Å². The largest absolute Gasteiger partial charge is 0.396 e. The summed E-state index contributed by atoms with van der Waals surface area (Å²) in [5.41, 5.74) is 0.407. The topological polar surface area (TPSA) is 58.0 Å². The van der Waals surface area contributed by atoms with Crippen LogP contribution in [0.15, 0.2) is 6.07 Å². The lowest BCUT2D eigenvalue weighted by atomic mass is 9.95. The minimum absolute atomic E-state index is 0.112. The van der Waals surface area contributed by atoms with E-state index in [2.05, 4.69) is 15.5 Å². The maximum Gasteiger partial charge on any atom is 0.174 e. The molecule has 6 heteroatoms. The number of nitrogens with one attached hydrogen (secondary N) is 1. The number of halogens is 2. The van der Waals surface area contributed by atoms with Gasteiger partial charge in [-0.1, -0.05) is 30.1 Å². The molecule has 0 aromatic carbocycles. The van der Waals surface area contributed by atoms with E-state index < -0.39 is 0 Å². The van der Waals surface area contributed by atoms with Crippen molar-refractivity contribution in [1.29, 1.82) is 0 Å². The lowest BCUT2D eigenvalue weighted by Gasteiger charge is -2.30. The van der Waals surface area contributed by atoms with E-state index in [1.54, 1.807) is 6.07 Å². The van der Waals surface area contributed by atoms with Gasteiger partial charge in [0.1, 0.15) is 0 Å². The normalized spacial score (nSPS) is 14.6. The SMILES string of the molecule is CCC(C)(CCO)Nc1cc(Cl)nnc1Cl. The first-order valence-corrected chi connectivity index (χ1v) is 5.84. The third-order valence-electron chi connectivity index (χ3n) is 2.60. The van der Waals surface area contributed by atoms with Gasteiger partial charge in [0.25, 0.3) is 0 Å². The summed E-state index contributed by atoms with van der Waals surface area (Å²) in [4.78, 5) is 0. The molecule has 0 saturated carbocycles. The van der Waals surface area contributed by atoms with Crippen LogP contribution < -0.4 is 5.32 Å². The van der Waals surface area contributed by atoms with Crippen molar-refractivity contribution in [2.45, 2.75) is 32.2 Å². The Balaban J connectivity index is 2.89. The molecule has 0 aliphatic heterocycles. The van der Waals surface area contributed by atoms with Gasteiger partial charge in [-0.25, -0.2) is 0 Å². The molecule has 90 valence electrons. The molecular formula is C10H15Cl2N3O. The zero-order chi connectivity index (χ0) is 12.2. The molecule has 1 unspecified atom stereocenters. The van der Waals surface area contributed by atoms with Gasteiger partial charge in [0, 0.05) is 18.2 Å². The Hall–Kier alpha value is -0.580. The van der Waals surface area contributed by atoms with Crippen molar-refractivity contribution in [3.8, 4) is 0 Å².